The molecule has 1 heterocycles. The van der Waals surface area contributed by atoms with E-state index in [1.54, 1.807) is 24.3 Å². The molecule has 18 nitrogen and oxygen atoms in total. The van der Waals surface area contributed by atoms with Crippen molar-refractivity contribution in [2.45, 2.75) is 51.4 Å². The number of nitrogens with zero attached hydrogens (tertiary/aromatic N) is 3. The molecule has 2 saturated carbocycles. The molecule has 0 bridgehead atoms. The van der Waals surface area contributed by atoms with Gasteiger partial charge in [0.05, 0.1) is 32.2 Å². The molecule has 2 aromatic rings. The SMILES string of the molecule is COc1ccc(-n2c(C(=O)N(C)C)c(OC(=O)[C@H]3CC[C@H](COP(=O)(O)O)CC3)c(OC(=O)[C@H]3CC[C@H](COP(=O)(O)O)CC3)c2C(=O)N(C)C)cc1. The predicted octanol–water partition coefficient (Wildman–Crippen LogP) is 3.53. The lowest BCUT2D eigenvalue weighted by atomic mass is 9.82. The van der Waals surface area contributed by atoms with Crippen LogP contribution in [0.2, 0.25) is 0 Å². The van der Waals surface area contributed by atoms with Gasteiger partial charge in [0.25, 0.3) is 11.8 Å². The maximum Gasteiger partial charge on any atom is 0.469 e. The fourth-order valence-corrected chi connectivity index (χ4v) is 7.23. The summed E-state index contributed by atoms with van der Waals surface area (Å²) < 4.78 is 50.2. The number of phosphoric acid groups is 2. The van der Waals surface area contributed by atoms with Crippen molar-refractivity contribution in [1.82, 2.24) is 14.4 Å². The molecular formula is C33H47N3O15P2. The van der Waals surface area contributed by atoms with Gasteiger partial charge in [-0.15, -0.1) is 0 Å². The minimum absolute atomic E-state index is 0.188. The molecular weight excluding hydrogens is 740 g/mol. The molecule has 0 spiro atoms. The molecule has 0 saturated heterocycles. The Balaban J connectivity index is 1.77. The molecule has 0 aliphatic heterocycles. The average Bonchev–Trinajstić information content (AvgIpc) is 3.41. The summed E-state index contributed by atoms with van der Waals surface area (Å²) in [6, 6.07) is 6.36. The molecule has 20 heteroatoms. The highest BCUT2D eigenvalue weighted by Crippen LogP contribution is 2.45. The highest BCUT2D eigenvalue weighted by molar-refractivity contribution is 7.46. The van der Waals surface area contributed by atoms with Crippen LogP contribution in [-0.2, 0) is 27.8 Å². The van der Waals surface area contributed by atoms with Gasteiger partial charge in [-0.2, -0.15) is 0 Å². The van der Waals surface area contributed by atoms with Crippen molar-refractivity contribution in [3.63, 3.8) is 0 Å². The van der Waals surface area contributed by atoms with Crippen LogP contribution in [0.25, 0.3) is 5.69 Å². The quantitative estimate of drug-likeness (QED) is 0.158. The summed E-state index contributed by atoms with van der Waals surface area (Å²) in [6.45, 7) is -0.375. The number of methoxy groups -OCH3 is 1. The molecule has 0 atom stereocenters. The number of ether oxygens (including phenoxy) is 3. The second kappa shape index (κ2) is 17.7. The summed E-state index contributed by atoms with van der Waals surface area (Å²) in [5.41, 5.74) is -0.232. The van der Waals surface area contributed by atoms with E-state index in [2.05, 4.69) is 9.05 Å². The van der Waals surface area contributed by atoms with E-state index < -0.39 is 62.7 Å². The fraction of sp³-hybridized carbons (Fsp3) is 0.576. The number of carbonyl (C=O) groups is 4. The van der Waals surface area contributed by atoms with E-state index in [0.29, 0.717) is 31.4 Å². The Morgan fingerprint density at radius 1 is 0.660 bits per heavy atom. The van der Waals surface area contributed by atoms with Gasteiger partial charge >= 0.3 is 27.6 Å². The van der Waals surface area contributed by atoms with E-state index in [4.69, 9.17) is 33.8 Å². The maximum atomic E-state index is 14.0. The molecule has 2 aliphatic rings. The van der Waals surface area contributed by atoms with Crippen molar-refractivity contribution in [2.24, 2.45) is 23.7 Å². The zero-order valence-electron chi connectivity index (χ0n) is 30.2. The summed E-state index contributed by atoms with van der Waals surface area (Å²) in [7, 11) is -2.00. The van der Waals surface area contributed by atoms with Crippen LogP contribution in [-0.4, -0.2) is 106 Å². The topological polar surface area (TPSA) is 241 Å². The average molecular weight is 788 g/mol. The number of hydrogen-bond donors (Lipinski definition) is 4. The van der Waals surface area contributed by atoms with E-state index >= 15 is 0 Å². The Bertz CT molecular complexity index is 1630. The number of esters is 2. The molecule has 2 fully saturated rings. The van der Waals surface area contributed by atoms with Crippen LogP contribution in [0.4, 0.5) is 0 Å². The number of carbonyl (C=O) groups excluding carboxylic acids is 4. The van der Waals surface area contributed by atoms with E-state index in [0.717, 1.165) is 0 Å². The minimum Gasteiger partial charge on any atom is -0.497 e. The van der Waals surface area contributed by atoms with Gasteiger partial charge in [-0.05, 0) is 87.5 Å². The summed E-state index contributed by atoms with van der Waals surface area (Å²) in [4.78, 5) is 94.5. The van der Waals surface area contributed by atoms with Crippen LogP contribution in [0.15, 0.2) is 24.3 Å². The van der Waals surface area contributed by atoms with Gasteiger partial charge in [-0.1, -0.05) is 0 Å². The Hall–Kier alpha value is -3.60. The summed E-state index contributed by atoms with van der Waals surface area (Å²) >= 11 is 0. The minimum atomic E-state index is -4.67. The summed E-state index contributed by atoms with van der Waals surface area (Å²) in [6.07, 6.45) is 2.67. The van der Waals surface area contributed by atoms with Crippen molar-refractivity contribution in [2.75, 3.05) is 48.5 Å². The van der Waals surface area contributed by atoms with Crippen molar-refractivity contribution in [3.05, 3.63) is 35.7 Å². The van der Waals surface area contributed by atoms with Crippen molar-refractivity contribution >= 4 is 39.4 Å². The third-order valence-corrected chi connectivity index (χ3v) is 10.3. The van der Waals surface area contributed by atoms with Crippen LogP contribution in [0.3, 0.4) is 0 Å². The van der Waals surface area contributed by atoms with E-state index in [1.807, 2.05) is 0 Å². The van der Waals surface area contributed by atoms with Crippen molar-refractivity contribution in [1.29, 1.82) is 0 Å². The molecule has 0 radical (unpaired) electrons. The molecule has 4 N–H and O–H groups in total. The zero-order valence-corrected chi connectivity index (χ0v) is 32.0. The molecule has 4 rings (SSSR count). The lowest BCUT2D eigenvalue weighted by Crippen LogP contribution is -2.29. The van der Waals surface area contributed by atoms with Gasteiger partial charge in [-0.3, -0.25) is 32.8 Å². The summed E-state index contributed by atoms with van der Waals surface area (Å²) in [5.74, 6) is -5.09. The zero-order chi connectivity index (χ0) is 39.2. The first-order valence-corrected chi connectivity index (χ1v) is 20.1. The second-order valence-electron chi connectivity index (χ2n) is 13.6. The van der Waals surface area contributed by atoms with Crippen molar-refractivity contribution in [3.8, 4) is 22.9 Å². The van der Waals surface area contributed by atoms with Gasteiger partial charge in [0.2, 0.25) is 11.5 Å². The van der Waals surface area contributed by atoms with E-state index in [9.17, 15) is 28.3 Å². The first-order chi connectivity index (χ1) is 24.8. The third kappa shape index (κ3) is 11.2. The number of hydrogen-bond acceptors (Lipinski definition) is 11. The third-order valence-electron chi connectivity index (χ3n) is 9.35. The van der Waals surface area contributed by atoms with Crippen LogP contribution >= 0.6 is 15.6 Å². The Labute approximate surface area is 306 Å². The first kappa shape index (κ1) is 42.1. The Morgan fingerprint density at radius 3 is 1.32 bits per heavy atom. The van der Waals surface area contributed by atoms with E-state index in [-0.39, 0.29) is 67.8 Å². The number of amides is 2. The van der Waals surface area contributed by atoms with Crippen LogP contribution in [0.1, 0.15) is 72.3 Å². The van der Waals surface area contributed by atoms with E-state index in [1.165, 1.54) is 49.7 Å². The monoisotopic (exact) mass is 787 g/mol. The molecule has 2 amide bonds. The molecule has 53 heavy (non-hydrogen) atoms. The molecule has 1 aromatic heterocycles. The van der Waals surface area contributed by atoms with Crippen LogP contribution in [0.5, 0.6) is 17.2 Å². The van der Waals surface area contributed by atoms with Crippen LogP contribution in [0, 0.1) is 23.7 Å². The van der Waals surface area contributed by atoms with Gasteiger partial charge in [0.15, 0.2) is 11.4 Å². The first-order valence-electron chi connectivity index (χ1n) is 17.0. The van der Waals surface area contributed by atoms with Gasteiger partial charge < -0.3 is 43.6 Å². The lowest BCUT2D eigenvalue weighted by Gasteiger charge is -2.27. The highest BCUT2D eigenvalue weighted by atomic mass is 31.2. The number of aromatic nitrogens is 1. The fourth-order valence-electron chi connectivity index (χ4n) is 6.42. The normalized spacial score (nSPS) is 20.7. The smallest absolute Gasteiger partial charge is 0.469 e. The number of phosphoric ester groups is 2. The molecule has 2 aliphatic carbocycles. The second-order valence-corrected chi connectivity index (χ2v) is 16.1. The standard InChI is InChI=1S/C33H47N3O15P2/c1-34(2)30(37)26-28(50-32(39)22-10-6-20(7-11-22)18-48-52(41,42)43)29(51-33(40)23-12-8-21(9-13-23)19-49-53(44,45)46)27(31(38)35(3)4)36(26)24-14-16-25(47-5)17-15-24/h14-17,20-23H,6-13,18-19H2,1-5H3,(H2,41,42,43)(H2,44,45,46)/t20-,21-,22-,23-. The van der Waals surface area contributed by atoms with Gasteiger partial charge in [0, 0.05) is 33.9 Å². The molecule has 0 unspecified atom stereocenters. The molecule has 1 aromatic carbocycles. The lowest BCUT2D eigenvalue weighted by molar-refractivity contribution is -0.143. The predicted molar refractivity (Wildman–Crippen MR) is 187 cm³/mol. The number of rotatable bonds is 14. The Morgan fingerprint density at radius 2 is 1.02 bits per heavy atom. The van der Waals surface area contributed by atoms with Crippen molar-refractivity contribution < 1.29 is 71.1 Å². The Kier molecular flexibility index (Phi) is 14.1. The summed E-state index contributed by atoms with van der Waals surface area (Å²) in [5, 5.41) is 0. The highest BCUT2D eigenvalue weighted by Gasteiger charge is 2.40. The van der Waals surface area contributed by atoms with Gasteiger partial charge in [-0.25, -0.2) is 9.13 Å². The molecule has 294 valence electrons. The largest absolute Gasteiger partial charge is 0.497 e. The maximum absolute atomic E-state index is 14.0. The van der Waals surface area contributed by atoms with Gasteiger partial charge in [0.1, 0.15) is 5.75 Å². The number of benzene rings is 1. The van der Waals surface area contributed by atoms with Crippen LogP contribution < -0.4 is 14.2 Å².